The summed E-state index contributed by atoms with van der Waals surface area (Å²) in [6.07, 6.45) is 9.02. The first kappa shape index (κ1) is 21.6. The number of hydrogen-bond donors (Lipinski definition) is 1. The lowest BCUT2D eigenvalue weighted by atomic mass is 9.63. The molecule has 33 heavy (non-hydrogen) atoms. The second kappa shape index (κ2) is 8.41. The SMILES string of the molecule is NC1CCC(=NC(=S)C23CC4CC(c5ccccc5)(CC2C4OCc2ccccc2)C3)CC1. The number of nitrogens with two attached hydrogens (primary N) is 1. The van der Waals surface area contributed by atoms with Crippen molar-refractivity contribution in [1.82, 2.24) is 0 Å². The van der Waals surface area contributed by atoms with Crippen molar-refractivity contribution in [2.75, 3.05) is 0 Å². The molecule has 5 atom stereocenters. The van der Waals surface area contributed by atoms with Crippen LogP contribution in [0.3, 0.4) is 0 Å². The molecule has 5 saturated carbocycles. The number of thiocarbonyl (C=S) groups is 1. The van der Waals surface area contributed by atoms with Crippen molar-refractivity contribution in [2.24, 2.45) is 28.0 Å². The quantitative estimate of drug-likeness (QED) is 0.559. The van der Waals surface area contributed by atoms with Crippen LogP contribution in [-0.2, 0) is 16.8 Å². The zero-order chi connectivity index (χ0) is 22.5. The molecule has 0 saturated heterocycles. The monoisotopic (exact) mass is 458 g/mol. The lowest BCUT2D eigenvalue weighted by Gasteiger charge is -2.43. The van der Waals surface area contributed by atoms with Crippen LogP contribution >= 0.6 is 12.2 Å². The van der Waals surface area contributed by atoms with Gasteiger partial charge in [-0.1, -0.05) is 72.9 Å². The zero-order valence-corrected chi connectivity index (χ0v) is 20.1. The molecule has 0 aliphatic heterocycles. The van der Waals surface area contributed by atoms with Gasteiger partial charge in [0.1, 0.15) is 4.99 Å². The summed E-state index contributed by atoms with van der Waals surface area (Å²) in [5, 5.41) is 0. The van der Waals surface area contributed by atoms with Crippen LogP contribution in [-0.4, -0.2) is 22.8 Å². The van der Waals surface area contributed by atoms with E-state index in [1.165, 1.54) is 29.7 Å². The molecule has 0 radical (unpaired) electrons. The van der Waals surface area contributed by atoms with Crippen LogP contribution in [0, 0.1) is 17.3 Å². The van der Waals surface area contributed by atoms with E-state index in [9.17, 15) is 0 Å². The van der Waals surface area contributed by atoms with E-state index in [0.29, 0.717) is 24.5 Å². The molecule has 0 spiro atoms. The predicted molar refractivity (Wildman–Crippen MR) is 137 cm³/mol. The summed E-state index contributed by atoms with van der Waals surface area (Å²) in [7, 11) is 0. The maximum absolute atomic E-state index is 6.69. The molecule has 5 aliphatic carbocycles. The predicted octanol–water partition coefficient (Wildman–Crippen LogP) is 6.00. The first-order chi connectivity index (χ1) is 16.1. The first-order valence-electron chi connectivity index (χ1n) is 12.7. The first-order valence-corrected chi connectivity index (χ1v) is 13.1. The van der Waals surface area contributed by atoms with Crippen LogP contribution in [0.25, 0.3) is 0 Å². The van der Waals surface area contributed by atoms with Gasteiger partial charge < -0.3 is 10.5 Å². The number of ether oxygens (including phenoxy) is 1. The van der Waals surface area contributed by atoms with Gasteiger partial charge >= 0.3 is 0 Å². The Morgan fingerprint density at radius 3 is 2.39 bits per heavy atom. The summed E-state index contributed by atoms with van der Waals surface area (Å²) < 4.78 is 6.69. The molecule has 3 nitrogen and oxygen atoms in total. The minimum atomic E-state index is 0.00199. The average molecular weight is 459 g/mol. The highest BCUT2D eigenvalue weighted by atomic mass is 32.1. The zero-order valence-electron chi connectivity index (χ0n) is 19.3. The van der Waals surface area contributed by atoms with Crippen LogP contribution in [0.2, 0.25) is 0 Å². The Kier molecular flexibility index (Phi) is 5.51. The smallest absolute Gasteiger partial charge is 0.109 e. The van der Waals surface area contributed by atoms with Gasteiger partial charge in [-0.2, -0.15) is 0 Å². The van der Waals surface area contributed by atoms with Crippen molar-refractivity contribution in [1.29, 1.82) is 0 Å². The summed E-state index contributed by atoms with van der Waals surface area (Å²) in [6.45, 7) is 0.687. The van der Waals surface area contributed by atoms with Gasteiger partial charge in [0.2, 0.25) is 0 Å². The van der Waals surface area contributed by atoms with E-state index in [0.717, 1.165) is 43.5 Å². The van der Waals surface area contributed by atoms with Gasteiger partial charge in [-0.25, -0.2) is 0 Å². The average Bonchev–Trinajstić information content (AvgIpc) is 3.22. The van der Waals surface area contributed by atoms with E-state index in [2.05, 4.69) is 60.7 Å². The van der Waals surface area contributed by atoms with E-state index in [1.54, 1.807) is 0 Å². The molecule has 5 unspecified atom stereocenters. The Morgan fingerprint density at radius 2 is 1.67 bits per heavy atom. The molecule has 0 heterocycles. The summed E-state index contributed by atoms with van der Waals surface area (Å²) in [5.41, 5.74) is 10.4. The summed E-state index contributed by atoms with van der Waals surface area (Å²) in [4.78, 5) is 6.12. The van der Waals surface area contributed by atoms with Crippen LogP contribution in [0.4, 0.5) is 0 Å². The molecule has 2 aromatic rings. The third-order valence-electron chi connectivity index (χ3n) is 9.08. The van der Waals surface area contributed by atoms with Crippen molar-refractivity contribution in [3.63, 3.8) is 0 Å². The molecule has 4 bridgehead atoms. The minimum Gasteiger partial charge on any atom is -0.373 e. The number of hydrogen-bond acceptors (Lipinski definition) is 3. The third kappa shape index (κ3) is 3.71. The maximum Gasteiger partial charge on any atom is 0.109 e. The number of nitrogens with zero attached hydrogens (tertiary/aromatic N) is 1. The number of rotatable bonds is 5. The molecule has 2 N–H and O–H groups in total. The molecule has 5 fully saturated rings. The highest BCUT2D eigenvalue weighted by molar-refractivity contribution is 7.80. The largest absolute Gasteiger partial charge is 0.373 e. The molecular weight excluding hydrogens is 424 g/mol. The fourth-order valence-electron chi connectivity index (χ4n) is 7.65. The van der Waals surface area contributed by atoms with Gasteiger partial charge in [-0.15, -0.1) is 0 Å². The van der Waals surface area contributed by atoms with Gasteiger partial charge in [-0.05, 0) is 79.7 Å². The Labute approximate surface area is 202 Å². The molecule has 4 heteroatoms. The maximum atomic E-state index is 6.69. The minimum absolute atomic E-state index is 0.00199. The summed E-state index contributed by atoms with van der Waals surface area (Å²) in [6, 6.07) is 22.1. The molecule has 7 rings (SSSR count). The fourth-order valence-corrected chi connectivity index (χ4v) is 8.08. The molecule has 0 amide bonds. The molecular formula is C29H34N2OS. The number of aliphatic imine (C=N–C) groups is 1. The van der Waals surface area contributed by atoms with Crippen molar-refractivity contribution < 1.29 is 4.74 Å². The lowest BCUT2D eigenvalue weighted by molar-refractivity contribution is -0.0380. The Balaban J connectivity index is 1.30. The summed E-state index contributed by atoms with van der Waals surface area (Å²) in [5.74, 6) is 1.02. The van der Waals surface area contributed by atoms with Gasteiger partial charge in [-0.3, -0.25) is 4.99 Å². The lowest BCUT2D eigenvalue weighted by Crippen LogP contribution is -2.39. The van der Waals surface area contributed by atoms with Gasteiger partial charge in [0.25, 0.3) is 0 Å². The molecule has 2 aromatic carbocycles. The van der Waals surface area contributed by atoms with Crippen LogP contribution in [0.15, 0.2) is 65.7 Å². The standard InChI is InChI=1S/C29H34N2OS/c30-23-11-13-24(14-12-23)31-27(33)29-16-21-15-28(19-29,22-9-5-2-6-10-22)17-25(29)26(21)32-18-20-7-3-1-4-8-20/h1-10,21,23,25-26H,11-19,30H2. The van der Waals surface area contributed by atoms with Crippen molar-refractivity contribution in [2.45, 2.75) is 75.5 Å². The Bertz CT molecular complexity index is 1040. The fraction of sp³-hybridized carbons (Fsp3) is 0.517. The third-order valence-corrected chi connectivity index (χ3v) is 9.58. The van der Waals surface area contributed by atoms with E-state index in [4.69, 9.17) is 27.7 Å². The second-order valence-corrected chi connectivity index (χ2v) is 11.4. The highest BCUT2D eigenvalue weighted by Crippen LogP contribution is 2.72. The van der Waals surface area contributed by atoms with E-state index in [-0.39, 0.29) is 16.9 Å². The van der Waals surface area contributed by atoms with Crippen LogP contribution < -0.4 is 5.73 Å². The van der Waals surface area contributed by atoms with Gasteiger partial charge in [0.15, 0.2) is 0 Å². The Morgan fingerprint density at radius 1 is 0.970 bits per heavy atom. The van der Waals surface area contributed by atoms with Crippen LogP contribution in [0.5, 0.6) is 0 Å². The van der Waals surface area contributed by atoms with Crippen molar-refractivity contribution >= 4 is 22.9 Å². The topological polar surface area (TPSA) is 47.6 Å². The van der Waals surface area contributed by atoms with E-state index in [1.807, 2.05) is 0 Å². The molecule has 5 aliphatic rings. The van der Waals surface area contributed by atoms with E-state index >= 15 is 0 Å². The highest BCUT2D eigenvalue weighted by Gasteiger charge is 2.70. The van der Waals surface area contributed by atoms with Gasteiger partial charge in [0.05, 0.1) is 12.7 Å². The number of benzene rings is 2. The normalized spacial score (nSPS) is 36.8. The van der Waals surface area contributed by atoms with Crippen LogP contribution in [0.1, 0.15) is 62.5 Å². The van der Waals surface area contributed by atoms with E-state index < -0.39 is 0 Å². The second-order valence-electron chi connectivity index (χ2n) is 11.0. The molecule has 0 aromatic heterocycles. The Hall–Kier alpha value is -1.88. The van der Waals surface area contributed by atoms with Crippen molar-refractivity contribution in [3.05, 3.63) is 71.8 Å². The summed E-state index contributed by atoms with van der Waals surface area (Å²) >= 11 is 6.18. The molecule has 172 valence electrons. The van der Waals surface area contributed by atoms with Crippen molar-refractivity contribution in [3.8, 4) is 0 Å². The van der Waals surface area contributed by atoms with Gasteiger partial charge in [0, 0.05) is 17.2 Å².